The molecule has 0 amide bonds. The molecule has 14 nitrogen and oxygen atoms in total. The summed E-state index contributed by atoms with van der Waals surface area (Å²) in [5, 5.41) is 11.3. The molecule has 4 rings (SSSR count). The van der Waals surface area contributed by atoms with Crippen molar-refractivity contribution in [2.75, 3.05) is 18.6 Å². The molecule has 1 saturated heterocycles. The number of imidazole rings is 1. The van der Waals surface area contributed by atoms with Crippen LogP contribution in [0.25, 0.3) is 11.2 Å². The number of nitrogen functional groups attached to an aromatic ring is 1. The molecule has 230 valence electrons. The molecule has 1 unspecified atom stereocenters. The van der Waals surface area contributed by atoms with Crippen molar-refractivity contribution >= 4 is 30.7 Å². The first-order valence-electron chi connectivity index (χ1n) is 13.3. The largest absolute Gasteiger partial charge is 0.463 e. The van der Waals surface area contributed by atoms with Crippen LogP contribution in [0.4, 0.5) is 10.3 Å². The maximum Gasteiger partial charge on any atom is 0.380 e. The minimum atomic E-state index is -4.20. The average Bonchev–Trinajstić information content (AvgIpc) is 3.42. The molecule has 6 N–H and O–H groups in total. The molecule has 6 atom stereocenters. The zero-order chi connectivity index (χ0) is 31.0. The van der Waals surface area contributed by atoms with Gasteiger partial charge in [0.25, 0.3) is 5.56 Å². The van der Waals surface area contributed by atoms with E-state index in [1.807, 2.05) is 0 Å². The van der Waals surface area contributed by atoms with E-state index in [-0.39, 0.29) is 29.0 Å². The van der Waals surface area contributed by atoms with Gasteiger partial charge >= 0.3 is 13.6 Å². The first-order valence-corrected chi connectivity index (χ1v) is 15.0. The van der Waals surface area contributed by atoms with Crippen LogP contribution in [-0.2, 0) is 23.4 Å². The van der Waals surface area contributed by atoms with Crippen molar-refractivity contribution in [1.29, 1.82) is 0 Å². The van der Waals surface area contributed by atoms with E-state index < -0.39 is 67.4 Å². The number of carbonyl (C=O) groups is 1. The van der Waals surface area contributed by atoms with E-state index in [1.54, 1.807) is 44.2 Å². The Kier molecular flexibility index (Phi) is 8.82. The fourth-order valence-corrected chi connectivity index (χ4v) is 7.07. The fraction of sp³-hybridized carbons (Fsp3) is 0.538. The number of halogens is 1. The third kappa shape index (κ3) is 6.20. The number of para-hydroxylation sites is 1. The third-order valence-corrected chi connectivity index (χ3v) is 9.04. The lowest BCUT2D eigenvalue weighted by molar-refractivity contribution is -0.151. The van der Waals surface area contributed by atoms with Gasteiger partial charge in [-0.2, -0.15) is 4.98 Å². The van der Waals surface area contributed by atoms with Gasteiger partial charge in [-0.25, -0.2) is 13.9 Å². The number of nitrogens with two attached hydrogens (primary N) is 2. The molecule has 0 radical (unpaired) electrons. The molecule has 0 aliphatic carbocycles. The number of aromatic amines is 1. The predicted molar refractivity (Wildman–Crippen MR) is 150 cm³/mol. The number of benzene rings is 1. The van der Waals surface area contributed by atoms with Crippen molar-refractivity contribution in [2.45, 2.75) is 70.3 Å². The number of rotatable bonds is 11. The zero-order valence-corrected chi connectivity index (χ0v) is 24.8. The molecule has 0 spiro atoms. The highest BCUT2D eigenvalue weighted by molar-refractivity contribution is 7.54. The van der Waals surface area contributed by atoms with Gasteiger partial charge < -0.3 is 30.6 Å². The van der Waals surface area contributed by atoms with Gasteiger partial charge in [0.2, 0.25) is 5.95 Å². The van der Waals surface area contributed by atoms with Gasteiger partial charge in [-0.05, 0) is 39.8 Å². The summed E-state index contributed by atoms with van der Waals surface area (Å²) in [5.41, 5.74) is 7.58. The van der Waals surface area contributed by atoms with Crippen LogP contribution in [0.3, 0.4) is 0 Å². The molecular formula is C26H36FN6O8P. The quantitative estimate of drug-likeness (QED) is 0.182. The van der Waals surface area contributed by atoms with E-state index in [1.165, 1.54) is 31.7 Å². The SMILES string of the molecule is CC(C)OC(=O)[C@H](C)C[P@](=O)(Oc1ccccc1)OC(C)(C)[C@H]1O[C@@H](n2cnc3c(=O)[nH]c(N)nc32)C(N)(CF)[C@H]1O. The average molecular weight is 611 g/mol. The molecule has 3 aromatic rings. The highest BCUT2D eigenvalue weighted by Gasteiger charge is 2.61. The van der Waals surface area contributed by atoms with E-state index in [0.29, 0.717) is 0 Å². The number of H-pyrrole nitrogens is 1. The summed E-state index contributed by atoms with van der Waals surface area (Å²) in [6, 6.07) is 8.20. The Bertz CT molecular complexity index is 1530. The molecule has 0 saturated carbocycles. The second-order valence-electron chi connectivity index (χ2n) is 11.2. The number of hydrogen-bond donors (Lipinski definition) is 4. The van der Waals surface area contributed by atoms with E-state index in [9.17, 15) is 23.7 Å². The van der Waals surface area contributed by atoms with Gasteiger partial charge in [-0.1, -0.05) is 25.1 Å². The Morgan fingerprint density at radius 2 is 1.98 bits per heavy atom. The molecule has 3 heterocycles. The van der Waals surface area contributed by atoms with Crippen molar-refractivity contribution in [3.05, 3.63) is 47.0 Å². The normalized spacial score (nSPS) is 24.9. The monoisotopic (exact) mass is 610 g/mol. The number of fused-ring (bicyclic) bond motifs is 1. The maximum atomic E-state index is 14.6. The molecule has 0 bridgehead atoms. The van der Waals surface area contributed by atoms with Gasteiger partial charge in [0.15, 0.2) is 17.4 Å². The lowest BCUT2D eigenvalue weighted by atomic mass is 9.86. The lowest BCUT2D eigenvalue weighted by Crippen LogP contribution is -2.58. The van der Waals surface area contributed by atoms with Crippen molar-refractivity contribution < 1.29 is 37.4 Å². The number of aliphatic hydroxyl groups excluding tert-OH is 1. The molecule has 1 fully saturated rings. The summed E-state index contributed by atoms with van der Waals surface area (Å²) >= 11 is 0. The van der Waals surface area contributed by atoms with E-state index in [0.717, 1.165) is 0 Å². The standard InChI is InChI=1S/C26H36FN6O8P/c1-14(2)38-22(36)15(3)11-42(37,40-16-9-7-6-8-10-16)41-25(4,5)19-18(34)26(29,12-27)23(39-19)33-13-30-17-20(33)31-24(28)32-21(17)35/h6-10,13-15,18-19,23,34H,11-12,29H2,1-5H3,(H3,28,31,32,35)/t15-,18+,19+,23-,26?,42+/m1/s1. The smallest absolute Gasteiger partial charge is 0.380 e. The minimum Gasteiger partial charge on any atom is -0.463 e. The van der Waals surface area contributed by atoms with Crippen molar-refractivity contribution in [3.8, 4) is 5.75 Å². The number of alkyl halides is 1. The summed E-state index contributed by atoms with van der Waals surface area (Å²) in [4.78, 5) is 35.3. The van der Waals surface area contributed by atoms with Crippen LogP contribution in [0.5, 0.6) is 5.75 Å². The van der Waals surface area contributed by atoms with Crippen LogP contribution in [0.1, 0.15) is 40.8 Å². The summed E-state index contributed by atoms with van der Waals surface area (Å²) in [5.74, 6) is -1.51. The Morgan fingerprint density at radius 3 is 2.60 bits per heavy atom. The summed E-state index contributed by atoms with van der Waals surface area (Å²) < 4.78 is 53.4. The number of aromatic nitrogens is 4. The van der Waals surface area contributed by atoms with Gasteiger partial charge in [0.1, 0.15) is 35.8 Å². The first-order chi connectivity index (χ1) is 19.6. The number of esters is 1. The van der Waals surface area contributed by atoms with Crippen molar-refractivity contribution in [2.24, 2.45) is 11.7 Å². The molecular weight excluding hydrogens is 574 g/mol. The van der Waals surface area contributed by atoms with E-state index >= 15 is 0 Å². The van der Waals surface area contributed by atoms with Crippen LogP contribution in [0.15, 0.2) is 41.5 Å². The number of aliphatic hydroxyl groups is 1. The predicted octanol–water partition coefficient (Wildman–Crippen LogP) is 2.28. The number of ether oxygens (including phenoxy) is 2. The Balaban J connectivity index is 1.68. The van der Waals surface area contributed by atoms with Crippen LogP contribution >= 0.6 is 7.60 Å². The van der Waals surface area contributed by atoms with Gasteiger partial charge in [-0.15, -0.1) is 0 Å². The molecule has 16 heteroatoms. The Morgan fingerprint density at radius 1 is 1.31 bits per heavy atom. The second-order valence-corrected chi connectivity index (χ2v) is 13.1. The number of hydrogen-bond acceptors (Lipinski definition) is 12. The fourth-order valence-electron chi connectivity index (χ4n) is 4.80. The van der Waals surface area contributed by atoms with Gasteiger partial charge in [0.05, 0.1) is 24.5 Å². The summed E-state index contributed by atoms with van der Waals surface area (Å²) in [6.45, 7) is 6.57. The number of carbonyl (C=O) groups excluding carboxylic acids is 1. The highest BCUT2D eigenvalue weighted by Crippen LogP contribution is 2.55. The van der Waals surface area contributed by atoms with Crippen molar-refractivity contribution in [3.63, 3.8) is 0 Å². The molecule has 1 aromatic carbocycles. The van der Waals surface area contributed by atoms with Crippen LogP contribution in [0, 0.1) is 5.92 Å². The maximum absolute atomic E-state index is 14.6. The molecule has 1 aliphatic rings. The Hall–Kier alpha value is -3.36. The minimum absolute atomic E-state index is 0.0494. The number of nitrogens with zero attached hydrogens (tertiary/aromatic N) is 3. The summed E-state index contributed by atoms with van der Waals surface area (Å²) in [6.07, 6.45) is -4.14. The summed E-state index contributed by atoms with van der Waals surface area (Å²) in [7, 11) is -4.20. The van der Waals surface area contributed by atoms with Gasteiger partial charge in [-0.3, -0.25) is 23.7 Å². The van der Waals surface area contributed by atoms with Crippen LogP contribution < -0.4 is 21.6 Å². The number of nitrogens with one attached hydrogen (secondary N) is 1. The highest BCUT2D eigenvalue weighted by atomic mass is 31.2. The number of anilines is 1. The van der Waals surface area contributed by atoms with E-state index in [4.69, 9.17) is 30.0 Å². The molecule has 42 heavy (non-hydrogen) atoms. The van der Waals surface area contributed by atoms with Crippen molar-refractivity contribution in [1.82, 2.24) is 19.5 Å². The molecule has 2 aromatic heterocycles. The Labute approximate surface area is 241 Å². The third-order valence-electron chi connectivity index (χ3n) is 6.81. The lowest BCUT2D eigenvalue weighted by Gasteiger charge is -2.37. The zero-order valence-electron chi connectivity index (χ0n) is 23.9. The topological polar surface area (TPSA) is 207 Å². The van der Waals surface area contributed by atoms with E-state index in [2.05, 4.69) is 15.0 Å². The first kappa shape index (κ1) is 31.6. The van der Waals surface area contributed by atoms with Crippen LogP contribution in [-0.4, -0.2) is 72.9 Å². The van der Waals surface area contributed by atoms with Gasteiger partial charge in [0, 0.05) is 0 Å². The van der Waals surface area contributed by atoms with Crippen LogP contribution in [0.2, 0.25) is 0 Å². The molecule has 1 aliphatic heterocycles. The second kappa shape index (κ2) is 11.7.